The third-order valence-corrected chi connectivity index (χ3v) is 11.8. The topological polar surface area (TPSA) is 29.0 Å². The van der Waals surface area contributed by atoms with E-state index in [2.05, 4.69) is 209 Å². The molecule has 9 aromatic carbocycles. The molecule has 2 heterocycles. The molecule has 2 aromatic heterocycles. The lowest BCUT2D eigenvalue weighted by Crippen LogP contribution is -2.09. The van der Waals surface area contributed by atoms with Crippen LogP contribution in [0.25, 0.3) is 88.1 Å². The monoisotopic (exact) mass is 777 g/mol. The van der Waals surface area contributed by atoms with Crippen LogP contribution in [0.3, 0.4) is 0 Å². The second kappa shape index (κ2) is 15.6. The van der Waals surface area contributed by atoms with Crippen LogP contribution in [0, 0.1) is 0 Å². The molecule has 0 radical (unpaired) electrons. The van der Waals surface area contributed by atoms with Gasteiger partial charge in [0.25, 0.3) is 0 Å². The van der Waals surface area contributed by atoms with Gasteiger partial charge in [-0.3, -0.25) is 9.97 Å². The Labute approximate surface area is 355 Å². The summed E-state index contributed by atoms with van der Waals surface area (Å²) in [6.45, 7) is 0. The van der Waals surface area contributed by atoms with Crippen molar-refractivity contribution in [3.63, 3.8) is 0 Å². The third-order valence-electron chi connectivity index (χ3n) is 11.8. The summed E-state index contributed by atoms with van der Waals surface area (Å²) in [5.41, 5.74) is 14.8. The van der Waals surface area contributed by atoms with Gasteiger partial charge in [-0.05, 0) is 131 Å². The number of benzene rings is 9. The van der Waals surface area contributed by atoms with Crippen LogP contribution in [0.2, 0.25) is 0 Å². The number of fused-ring (bicyclic) bond motifs is 3. The zero-order valence-electron chi connectivity index (χ0n) is 33.4. The first-order valence-electron chi connectivity index (χ1n) is 20.7. The molecule has 0 aliphatic heterocycles. The molecule has 0 amide bonds. The second-order valence-electron chi connectivity index (χ2n) is 15.4. The van der Waals surface area contributed by atoms with Crippen LogP contribution < -0.4 is 4.90 Å². The van der Waals surface area contributed by atoms with Gasteiger partial charge in [-0.25, -0.2) is 0 Å². The zero-order chi connectivity index (χ0) is 40.5. The Morgan fingerprint density at radius 1 is 0.295 bits per heavy atom. The minimum Gasteiger partial charge on any atom is -0.311 e. The minimum atomic E-state index is 0.955. The molecule has 3 nitrogen and oxygen atoms in total. The van der Waals surface area contributed by atoms with Crippen molar-refractivity contribution in [2.75, 3.05) is 4.90 Å². The fourth-order valence-electron chi connectivity index (χ4n) is 8.90. The van der Waals surface area contributed by atoms with Crippen molar-refractivity contribution in [2.24, 2.45) is 0 Å². The number of nitrogens with zero attached hydrogens (tertiary/aromatic N) is 3. The molecule has 286 valence electrons. The summed E-state index contributed by atoms with van der Waals surface area (Å²) in [5.74, 6) is 0. The standard InChI is InChI=1S/C58H39N3/c1-2-14-50-43(11-1)12-9-19-51(50)58-54-17-5-3-15-52(54)57(53-16-4-6-18-55(53)58)45-23-21-40(22-24-45)41-25-31-47(32-26-41)61(48-33-27-42(28-34-48)46-13-10-37-59-39-46)49-35-29-44(30-36-49)56-20-7-8-38-60-56/h1-39H. The number of rotatable bonds is 8. The van der Waals surface area contributed by atoms with Gasteiger partial charge in [0.05, 0.1) is 5.69 Å². The molecule has 0 aliphatic rings. The van der Waals surface area contributed by atoms with E-state index >= 15 is 0 Å². The molecule has 0 fully saturated rings. The van der Waals surface area contributed by atoms with Crippen molar-refractivity contribution in [3.8, 4) is 55.8 Å². The highest BCUT2D eigenvalue weighted by Gasteiger charge is 2.19. The van der Waals surface area contributed by atoms with Crippen molar-refractivity contribution in [1.29, 1.82) is 0 Å². The lowest BCUT2D eigenvalue weighted by atomic mass is 9.84. The molecule has 0 aliphatic carbocycles. The average molecular weight is 778 g/mol. The van der Waals surface area contributed by atoms with Gasteiger partial charge in [0.2, 0.25) is 0 Å². The first kappa shape index (κ1) is 36.0. The molecule has 0 atom stereocenters. The van der Waals surface area contributed by atoms with Crippen molar-refractivity contribution in [2.45, 2.75) is 0 Å². The minimum absolute atomic E-state index is 0.955. The van der Waals surface area contributed by atoms with E-state index in [4.69, 9.17) is 0 Å². The van der Waals surface area contributed by atoms with Crippen LogP contribution >= 0.6 is 0 Å². The van der Waals surface area contributed by atoms with Crippen LogP contribution in [0.4, 0.5) is 17.1 Å². The normalized spacial score (nSPS) is 11.3. The molecule has 0 N–H and O–H groups in total. The molecule has 0 unspecified atom stereocenters. The second-order valence-corrected chi connectivity index (χ2v) is 15.4. The Morgan fingerprint density at radius 3 is 1.33 bits per heavy atom. The Morgan fingerprint density at radius 2 is 0.770 bits per heavy atom. The molecule has 0 spiro atoms. The molecule has 61 heavy (non-hydrogen) atoms. The van der Waals surface area contributed by atoms with E-state index in [0.29, 0.717) is 0 Å². The predicted molar refractivity (Wildman–Crippen MR) is 256 cm³/mol. The average Bonchev–Trinajstić information content (AvgIpc) is 3.34. The van der Waals surface area contributed by atoms with E-state index in [-0.39, 0.29) is 0 Å². The van der Waals surface area contributed by atoms with Crippen molar-refractivity contribution in [3.05, 3.63) is 237 Å². The van der Waals surface area contributed by atoms with E-state index in [9.17, 15) is 0 Å². The van der Waals surface area contributed by atoms with E-state index in [1.807, 2.05) is 42.9 Å². The Kier molecular flexibility index (Phi) is 9.18. The van der Waals surface area contributed by atoms with Gasteiger partial charge in [-0.15, -0.1) is 0 Å². The summed E-state index contributed by atoms with van der Waals surface area (Å²) in [6, 6.07) is 78.6. The van der Waals surface area contributed by atoms with Crippen LogP contribution in [0.15, 0.2) is 237 Å². The number of hydrogen-bond donors (Lipinski definition) is 0. The van der Waals surface area contributed by atoms with Crippen LogP contribution in [0.1, 0.15) is 0 Å². The summed E-state index contributed by atoms with van der Waals surface area (Å²) in [7, 11) is 0. The molecule has 0 bridgehead atoms. The first-order chi connectivity index (χ1) is 30.3. The molecule has 0 saturated carbocycles. The maximum atomic E-state index is 4.57. The maximum Gasteiger partial charge on any atom is 0.0701 e. The number of pyridine rings is 2. The van der Waals surface area contributed by atoms with E-state index < -0.39 is 0 Å². The number of aromatic nitrogens is 2. The zero-order valence-corrected chi connectivity index (χ0v) is 33.4. The van der Waals surface area contributed by atoms with Crippen LogP contribution in [-0.2, 0) is 0 Å². The smallest absolute Gasteiger partial charge is 0.0701 e. The fourth-order valence-corrected chi connectivity index (χ4v) is 8.90. The van der Waals surface area contributed by atoms with Gasteiger partial charge in [-0.2, -0.15) is 0 Å². The highest BCUT2D eigenvalue weighted by Crippen LogP contribution is 2.46. The fraction of sp³-hybridized carbons (Fsp3) is 0. The molecule has 11 rings (SSSR count). The van der Waals surface area contributed by atoms with Crippen molar-refractivity contribution >= 4 is 49.4 Å². The lowest BCUT2D eigenvalue weighted by Gasteiger charge is -2.26. The highest BCUT2D eigenvalue weighted by atomic mass is 15.1. The maximum absolute atomic E-state index is 4.57. The van der Waals surface area contributed by atoms with Gasteiger partial charge in [0.15, 0.2) is 0 Å². The molecule has 0 saturated heterocycles. The van der Waals surface area contributed by atoms with Crippen molar-refractivity contribution in [1.82, 2.24) is 9.97 Å². The molecular formula is C58H39N3. The van der Waals surface area contributed by atoms with Crippen LogP contribution in [-0.4, -0.2) is 9.97 Å². The van der Waals surface area contributed by atoms with Gasteiger partial charge >= 0.3 is 0 Å². The largest absolute Gasteiger partial charge is 0.311 e. The Hall–Kier alpha value is -8.14. The summed E-state index contributed by atoms with van der Waals surface area (Å²) >= 11 is 0. The highest BCUT2D eigenvalue weighted by molar-refractivity contribution is 6.23. The summed E-state index contributed by atoms with van der Waals surface area (Å²) < 4.78 is 0. The Balaban J connectivity index is 0.956. The van der Waals surface area contributed by atoms with Gasteiger partial charge in [0, 0.05) is 41.2 Å². The molecule has 11 aromatic rings. The van der Waals surface area contributed by atoms with Crippen LogP contribution in [0.5, 0.6) is 0 Å². The summed E-state index contributed by atoms with van der Waals surface area (Å²) in [5, 5.41) is 7.54. The van der Waals surface area contributed by atoms with E-state index in [1.165, 1.54) is 60.1 Å². The Bertz CT molecular complexity index is 3160. The summed E-state index contributed by atoms with van der Waals surface area (Å²) in [6.07, 6.45) is 5.55. The van der Waals surface area contributed by atoms with Gasteiger partial charge < -0.3 is 4.90 Å². The van der Waals surface area contributed by atoms with Crippen molar-refractivity contribution < 1.29 is 0 Å². The first-order valence-corrected chi connectivity index (χ1v) is 20.7. The van der Waals surface area contributed by atoms with E-state index in [1.54, 1.807) is 0 Å². The predicted octanol–water partition coefficient (Wildman–Crippen LogP) is 15.7. The van der Waals surface area contributed by atoms with Gasteiger partial charge in [0.1, 0.15) is 0 Å². The number of hydrogen-bond acceptors (Lipinski definition) is 3. The lowest BCUT2D eigenvalue weighted by molar-refractivity contribution is 1.27. The third kappa shape index (κ3) is 6.69. The van der Waals surface area contributed by atoms with Gasteiger partial charge in [-0.1, -0.05) is 164 Å². The SMILES string of the molecule is c1ccc(-c2ccc(N(c3ccc(-c4ccc(-c5c6ccccc6c(-c6cccc7ccccc67)c6ccccc56)cc4)cc3)c3ccc(-c4cccnc4)cc3)cc2)nc1. The molecule has 3 heteroatoms. The number of anilines is 3. The quantitative estimate of drug-likeness (QED) is 0.144. The summed E-state index contributed by atoms with van der Waals surface area (Å²) in [4.78, 5) is 11.2. The molecular weight excluding hydrogens is 739 g/mol. The van der Waals surface area contributed by atoms with E-state index in [0.717, 1.165) is 45.0 Å².